The molecule has 2 aliphatic rings. The van der Waals surface area contributed by atoms with E-state index >= 15 is 0 Å². The van der Waals surface area contributed by atoms with E-state index in [2.05, 4.69) is 0 Å². The summed E-state index contributed by atoms with van der Waals surface area (Å²) in [4.78, 5) is 0. The summed E-state index contributed by atoms with van der Waals surface area (Å²) in [7, 11) is -12.2. The van der Waals surface area contributed by atoms with E-state index in [0.29, 0.717) is 25.7 Å². The van der Waals surface area contributed by atoms with Gasteiger partial charge in [-0.05, 0) is 45.4 Å². The Morgan fingerprint density at radius 2 is 1.22 bits per heavy atom. The topological polar surface area (TPSA) is 156 Å². The van der Waals surface area contributed by atoms with E-state index in [0.717, 1.165) is 58.3 Å². The van der Waals surface area contributed by atoms with Crippen LogP contribution in [-0.2, 0) is 58.2 Å². The van der Waals surface area contributed by atoms with Crippen molar-refractivity contribution in [3.05, 3.63) is 0 Å². The summed E-state index contributed by atoms with van der Waals surface area (Å²) < 4.78 is 105. The van der Waals surface area contributed by atoms with E-state index in [1.165, 1.54) is 0 Å². The molecule has 0 aromatic carbocycles. The summed E-state index contributed by atoms with van der Waals surface area (Å²) in [6, 6.07) is 0. The van der Waals surface area contributed by atoms with Crippen LogP contribution in [0.4, 0.5) is 0 Å². The minimum absolute atomic E-state index is 0.126. The molecule has 0 spiro atoms. The molecule has 36 heavy (non-hydrogen) atoms. The van der Waals surface area contributed by atoms with Crippen molar-refractivity contribution >= 4 is 41.4 Å². The van der Waals surface area contributed by atoms with Crippen molar-refractivity contribution in [3.63, 3.8) is 0 Å². The lowest BCUT2D eigenvalue weighted by molar-refractivity contribution is 0.147. The summed E-state index contributed by atoms with van der Waals surface area (Å²) in [6.07, 6.45) is 9.39. The highest BCUT2D eigenvalue weighted by Gasteiger charge is 2.31. The third-order valence-electron chi connectivity index (χ3n) is 6.17. The van der Waals surface area contributed by atoms with Crippen LogP contribution in [0, 0.1) is 0 Å². The molecule has 0 aliphatic heterocycles. The molecule has 2 rings (SSSR count). The standard InChI is InChI=1S/C21H40O11S4/c1-19(36(27,28)32-21-14-8-5-9-15-21)31-35(25,26)17-11-3-2-10-16-34(23,24)29-18-33(22)30-20-12-6-4-7-13-20/h19-21H,2-18H2,1H3. The van der Waals surface area contributed by atoms with Gasteiger partial charge in [0.1, 0.15) is 0 Å². The highest BCUT2D eigenvalue weighted by Crippen LogP contribution is 2.24. The number of hydrogen-bond donors (Lipinski definition) is 0. The Labute approximate surface area is 219 Å². The van der Waals surface area contributed by atoms with E-state index in [4.69, 9.17) is 16.7 Å². The Morgan fingerprint density at radius 3 is 1.78 bits per heavy atom. The maximum absolute atomic E-state index is 12.3. The van der Waals surface area contributed by atoms with Crippen LogP contribution in [0.1, 0.15) is 96.8 Å². The Balaban J connectivity index is 1.59. The fourth-order valence-electron chi connectivity index (χ4n) is 4.16. The van der Waals surface area contributed by atoms with E-state index in [1.54, 1.807) is 0 Å². The average Bonchev–Trinajstić information content (AvgIpc) is 2.81. The molecule has 0 amide bonds. The van der Waals surface area contributed by atoms with Crippen LogP contribution in [0.5, 0.6) is 0 Å². The Morgan fingerprint density at radius 1 is 0.722 bits per heavy atom. The Kier molecular flexibility index (Phi) is 13.7. The Bertz CT molecular complexity index is 981. The van der Waals surface area contributed by atoms with Gasteiger partial charge in [-0.1, -0.05) is 51.4 Å². The second kappa shape index (κ2) is 15.4. The van der Waals surface area contributed by atoms with Gasteiger partial charge in [0.2, 0.25) is 0 Å². The average molecular weight is 597 g/mol. The lowest BCUT2D eigenvalue weighted by Crippen LogP contribution is -2.31. The SMILES string of the molecule is CC(OS(=O)(=O)CCCCCCS(=O)(=O)OCS(=O)OC1CCCCC1)S(=O)(=O)OC1CCCCC1. The molecular formula is C21H40O11S4. The molecule has 0 radical (unpaired) electrons. The number of rotatable bonds is 17. The summed E-state index contributed by atoms with van der Waals surface area (Å²) in [5, 5.41) is 0. The molecule has 2 unspecified atom stereocenters. The zero-order valence-electron chi connectivity index (χ0n) is 20.9. The molecule has 214 valence electrons. The fourth-order valence-corrected chi connectivity index (χ4v) is 8.82. The molecule has 15 heteroatoms. The number of unbranched alkanes of at least 4 members (excludes halogenated alkanes) is 3. The van der Waals surface area contributed by atoms with E-state index in [-0.39, 0.29) is 24.7 Å². The molecule has 0 saturated heterocycles. The van der Waals surface area contributed by atoms with Gasteiger partial charge >= 0.3 is 0 Å². The third-order valence-corrected chi connectivity index (χ3v) is 11.3. The van der Waals surface area contributed by atoms with Crippen LogP contribution in [-0.4, -0.2) is 64.6 Å². The van der Waals surface area contributed by atoms with Crippen molar-refractivity contribution < 1.29 is 46.2 Å². The zero-order chi connectivity index (χ0) is 26.7. The van der Waals surface area contributed by atoms with Crippen LogP contribution in [0.25, 0.3) is 0 Å². The normalized spacial score (nSPS) is 20.8. The lowest BCUT2D eigenvalue weighted by Gasteiger charge is -2.23. The van der Waals surface area contributed by atoms with Gasteiger partial charge in [0.15, 0.2) is 22.5 Å². The zero-order valence-corrected chi connectivity index (χ0v) is 24.1. The summed E-state index contributed by atoms with van der Waals surface area (Å²) >= 11 is -1.83. The second-order valence-electron chi connectivity index (χ2n) is 9.35. The molecule has 2 fully saturated rings. The molecule has 2 atom stereocenters. The van der Waals surface area contributed by atoms with Crippen molar-refractivity contribution in [1.82, 2.24) is 0 Å². The Hall–Kier alpha value is -0.160. The predicted molar refractivity (Wildman–Crippen MR) is 136 cm³/mol. The van der Waals surface area contributed by atoms with Crippen LogP contribution >= 0.6 is 0 Å². The minimum atomic E-state index is -4.18. The van der Waals surface area contributed by atoms with Crippen molar-refractivity contribution in [1.29, 1.82) is 0 Å². The highest BCUT2D eigenvalue weighted by atomic mass is 32.2. The van der Waals surface area contributed by atoms with Crippen molar-refractivity contribution in [3.8, 4) is 0 Å². The largest absolute Gasteiger partial charge is 0.296 e. The van der Waals surface area contributed by atoms with Gasteiger partial charge in [0, 0.05) is 0 Å². The molecule has 2 saturated carbocycles. The first-order valence-electron chi connectivity index (χ1n) is 12.6. The fraction of sp³-hybridized carbons (Fsp3) is 1.00. The predicted octanol–water partition coefficient (Wildman–Crippen LogP) is 3.24. The first-order chi connectivity index (χ1) is 16.9. The van der Waals surface area contributed by atoms with E-state index < -0.39 is 64.7 Å². The van der Waals surface area contributed by atoms with Crippen molar-refractivity contribution in [2.75, 3.05) is 17.4 Å². The third kappa shape index (κ3) is 13.1. The van der Waals surface area contributed by atoms with Crippen molar-refractivity contribution in [2.45, 2.75) is 114 Å². The van der Waals surface area contributed by atoms with Gasteiger partial charge in [-0.2, -0.15) is 25.3 Å². The quantitative estimate of drug-likeness (QED) is 0.179. The lowest BCUT2D eigenvalue weighted by atomic mass is 9.98. The van der Waals surface area contributed by atoms with Crippen LogP contribution < -0.4 is 0 Å². The summed E-state index contributed by atoms with van der Waals surface area (Å²) in [6.45, 7) is 1.13. The van der Waals surface area contributed by atoms with Crippen molar-refractivity contribution in [2.24, 2.45) is 0 Å². The van der Waals surface area contributed by atoms with Gasteiger partial charge in [-0.25, -0.2) is 8.39 Å². The summed E-state index contributed by atoms with van der Waals surface area (Å²) in [5.74, 6) is -1.22. The maximum Gasteiger partial charge on any atom is 0.296 e. The molecule has 0 bridgehead atoms. The number of hydrogen-bond acceptors (Lipinski definition) is 11. The van der Waals surface area contributed by atoms with Gasteiger partial charge in [-0.15, -0.1) is 0 Å². The minimum Gasteiger partial charge on any atom is -0.285 e. The second-order valence-corrected chi connectivity index (χ2v) is 15.7. The summed E-state index contributed by atoms with van der Waals surface area (Å²) in [5.41, 5.74) is -1.64. The van der Waals surface area contributed by atoms with Gasteiger partial charge < -0.3 is 0 Å². The van der Waals surface area contributed by atoms with E-state index in [9.17, 15) is 29.5 Å². The maximum atomic E-state index is 12.3. The van der Waals surface area contributed by atoms with Gasteiger partial charge in [-0.3, -0.25) is 12.5 Å². The molecule has 0 heterocycles. The highest BCUT2D eigenvalue weighted by molar-refractivity contribution is 7.90. The van der Waals surface area contributed by atoms with Crippen LogP contribution in [0.3, 0.4) is 0 Å². The molecule has 0 aromatic rings. The van der Waals surface area contributed by atoms with Crippen LogP contribution in [0.2, 0.25) is 0 Å². The van der Waals surface area contributed by atoms with Crippen LogP contribution in [0.15, 0.2) is 0 Å². The molecular weight excluding hydrogens is 556 g/mol. The first-order valence-corrected chi connectivity index (χ1v) is 18.5. The molecule has 2 aliphatic carbocycles. The molecule has 0 aromatic heterocycles. The van der Waals surface area contributed by atoms with E-state index in [1.807, 2.05) is 0 Å². The van der Waals surface area contributed by atoms with Gasteiger partial charge in [0.05, 0.1) is 23.7 Å². The molecule has 0 N–H and O–H groups in total. The van der Waals surface area contributed by atoms with Gasteiger partial charge in [0.25, 0.3) is 30.4 Å². The smallest absolute Gasteiger partial charge is 0.285 e. The molecule has 11 nitrogen and oxygen atoms in total. The monoisotopic (exact) mass is 596 g/mol. The first kappa shape index (κ1) is 32.1.